The van der Waals surface area contributed by atoms with Crippen molar-refractivity contribution in [3.63, 3.8) is 0 Å². The highest BCUT2D eigenvalue weighted by atomic mass is 35.5. The fourth-order valence-corrected chi connectivity index (χ4v) is 3.07. The number of halogens is 1. The molecule has 0 bridgehead atoms. The Balaban J connectivity index is 2.20. The summed E-state index contributed by atoms with van der Waals surface area (Å²) in [7, 11) is 1.94. The molecule has 2 aromatic carbocycles. The molecular weight excluding hydrogens is 258 g/mol. The van der Waals surface area contributed by atoms with Crippen LogP contribution in [0.4, 0.5) is 0 Å². The van der Waals surface area contributed by atoms with Crippen LogP contribution in [-0.4, -0.2) is 17.1 Å². The summed E-state index contributed by atoms with van der Waals surface area (Å²) in [6, 6.07) is 15.9. The molecule has 1 aliphatic rings. The number of nitrogens with zero attached hydrogens (tertiary/aromatic N) is 1. The smallest absolute Gasteiger partial charge is 0.134 e. The van der Waals surface area contributed by atoms with E-state index in [1.165, 1.54) is 0 Å². The van der Waals surface area contributed by atoms with E-state index in [1.54, 1.807) is 0 Å². The Morgan fingerprint density at radius 3 is 2.42 bits per heavy atom. The number of benzene rings is 2. The lowest BCUT2D eigenvalue weighted by atomic mass is 9.85. The molecule has 2 aromatic rings. The average Bonchev–Trinajstić information content (AvgIpc) is 2.63. The van der Waals surface area contributed by atoms with Gasteiger partial charge in [0, 0.05) is 10.6 Å². The zero-order valence-electron chi connectivity index (χ0n) is 11.0. The maximum absolute atomic E-state index is 10.4. The lowest BCUT2D eigenvalue weighted by Gasteiger charge is -2.35. The van der Waals surface area contributed by atoms with Crippen molar-refractivity contribution in [1.82, 2.24) is 4.90 Å². The Morgan fingerprint density at radius 1 is 1.11 bits per heavy atom. The minimum absolute atomic E-state index is 0.333. The Morgan fingerprint density at radius 2 is 1.74 bits per heavy atom. The molecule has 1 aliphatic heterocycles. The average molecular weight is 274 g/mol. The van der Waals surface area contributed by atoms with Gasteiger partial charge in [0.25, 0.3) is 0 Å². The fourth-order valence-electron chi connectivity index (χ4n) is 2.94. The zero-order chi connectivity index (χ0) is 13.6. The molecule has 0 saturated carbocycles. The molecule has 0 unspecified atom stereocenters. The summed E-state index contributed by atoms with van der Waals surface area (Å²) < 4.78 is 0. The third-order valence-corrected chi connectivity index (χ3v) is 4.49. The van der Waals surface area contributed by atoms with Crippen LogP contribution in [0, 0.1) is 0 Å². The minimum Gasteiger partial charge on any atom is -0.374 e. The molecule has 3 heteroatoms. The van der Waals surface area contributed by atoms with Gasteiger partial charge in [-0.25, -0.2) is 0 Å². The summed E-state index contributed by atoms with van der Waals surface area (Å²) >= 11 is 5.97. The van der Waals surface area contributed by atoms with Gasteiger partial charge in [0.15, 0.2) is 0 Å². The van der Waals surface area contributed by atoms with Crippen molar-refractivity contribution in [3.8, 4) is 0 Å². The van der Waals surface area contributed by atoms with Gasteiger partial charge in [-0.2, -0.15) is 0 Å². The Kier molecular flexibility index (Phi) is 2.90. The molecular formula is C16H16ClNO. The van der Waals surface area contributed by atoms with E-state index in [9.17, 15) is 5.11 Å². The molecule has 0 saturated heterocycles. The van der Waals surface area contributed by atoms with Crippen LogP contribution in [0.15, 0.2) is 48.5 Å². The molecule has 19 heavy (non-hydrogen) atoms. The predicted molar refractivity (Wildman–Crippen MR) is 77.1 cm³/mol. The first kappa shape index (κ1) is 12.7. The van der Waals surface area contributed by atoms with Crippen LogP contribution in [0.2, 0.25) is 5.02 Å². The predicted octanol–water partition coefficient (Wildman–Crippen LogP) is 3.54. The van der Waals surface area contributed by atoms with Gasteiger partial charge in [0.2, 0.25) is 0 Å². The quantitative estimate of drug-likeness (QED) is 0.859. The van der Waals surface area contributed by atoms with Gasteiger partial charge >= 0.3 is 0 Å². The van der Waals surface area contributed by atoms with E-state index in [-0.39, 0.29) is 5.54 Å². The summed E-state index contributed by atoms with van der Waals surface area (Å²) in [4.78, 5) is 1.99. The first-order valence-corrected chi connectivity index (χ1v) is 6.69. The summed E-state index contributed by atoms with van der Waals surface area (Å²) in [5, 5.41) is 11.1. The van der Waals surface area contributed by atoms with Gasteiger partial charge in [-0.3, -0.25) is 4.90 Å². The summed E-state index contributed by atoms with van der Waals surface area (Å²) in [5.74, 6) is 0. The first-order chi connectivity index (χ1) is 9.05. The third kappa shape index (κ3) is 1.71. The highest BCUT2D eigenvalue weighted by Gasteiger charge is 2.45. The second kappa shape index (κ2) is 4.34. The zero-order valence-corrected chi connectivity index (χ0v) is 11.7. The molecule has 1 heterocycles. The van der Waals surface area contributed by atoms with Crippen molar-refractivity contribution in [2.24, 2.45) is 0 Å². The Bertz CT molecular complexity index is 610. The highest BCUT2D eigenvalue weighted by molar-refractivity contribution is 6.30. The van der Waals surface area contributed by atoms with E-state index in [2.05, 4.69) is 13.0 Å². The summed E-state index contributed by atoms with van der Waals surface area (Å²) in [6.07, 6.45) is -0.572. The lowest BCUT2D eigenvalue weighted by molar-refractivity contribution is -0.0101. The van der Waals surface area contributed by atoms with Gasteiger partial charge < -0.3 is 5.11 Å². The van der Waals surface area contributed by atoms with Gasteiger partial charge in [0.1, 0.15) is 6.23 Å². The van der Waals surface area contributed by atoms with E-state index in [1.807, 2.05) is 54.4 Å². The molecule has 0 radical (unpaired) electrons. The first-order valence-electron chi connectivity index (χ1n) is 6.31. The Labute approximate surface area is 118 Å². The molecule has 0 aliphatic carbocycles. The number of hydrogen-bond donors (Lipinski definition) is 1. The fraction of sp³-hybridized carbons (Fsp3) is 0.250. The normalized spacial score (nSPS) is 26.4. The van der Waals surface area contributed by atoms with E-state index >= 15 is 0 Å². The summed E-state index contributed by atoms with van der Waals surface area (Å²) in [6.45, 7) is 2.13. The van der Waals surface area contributed by atoms with Crippen molar-refractivity contribution >= 4 is 11.6 Å². The van der Waals surface area contributed by atoms with Crippen LogP contribution in [0.5, 0.6) is 0 Å². The molecule has 0 fully saturated rings. The van der Waals surface area contributed by atoms with Gasteiger partial charge in [-0.1, -0.05) is 48.0 Å². The third-order valence-electron chi connectivity index (χ3n) is 4.24. The standard InChI is InChI=1S/C16H16ClNO/c1-16(11-7-9-12(17)10-8-11)14-6-4-3-5-13(14)15(19)18(16)2/h3-10,15,19H,1-2H3/t15-,16+/m1/s1. The second-order valence-electron chi connectivity index (χ2n) is 5.15. The SMILES string of the molecule is CN1[C@H](O)c2ccccc2[C@]1(C)c1ccc(Cl)cc1. The van der Waals surface area contributed by atoms with Gasteiger partial charge in [0.05, 0.1) is 5.54 Å². The van der Waals surface area contributed by atoms with Crippen molar-refractivity contribution in [2.45, 2.75) is 18.7 Å². The van der Waals surface area contributed by atoms with Crippen LogP contribution < -0.4 is 0 Å². The largest absolute Gasteiger partial charge is 0.374 e. The van der Waals surface area contributed by atoms with Crippen molar-refractivity contribution in [2.75, 3.05) is 7.05 Å². The van der Waals surface area contributed by atoms with Crippen LogP contribution in [-0.2, 0) is 5.54 Å². The maximum atomic E-state index is 10.4. The van der Waals surface area contributed by atoms with Gasteiger partial charge in [-0.15, -0.1) is 0 Å². The topological polar surface area (TPSA) is 23.5 Å². The molecule has 3 rings (SSSR count). The Hall–Kier alpha value is -1.35. The molecule has 2 atom stereocenters. The molecule has 1 N–H and O–H groups in total. The maximum Gasteiger partial charge on any atom is 0.134 e. The number of hydrogen-bond acceptors (Lipinski definition) is 2. The highest BCUT2D eigenvalue weighted by Crippen LogP contribution is 2.47. The lowest BCUT2D eigenvalue weighted by Crippen LogP contribution is -2.38. The van der Waals surface area contributed by atoms with Crippen molar-refractivity contribution in [3.05, 3.63) is 70.2 Å². The van der Waals surface area contributed by atoms with Crippen LogP contribution in [0.25, 0.3) is 0 Å². The molecule has 0 amide bonds. The van der Waals surface area contributed by atoms with E-state index < -0.39 is 6.23 Å². The minimum atomic E-state index is -0.572. The van der Waals surface area contributed by atoms with E-state index in [0.29, 0.717) is 0 Å². The second-order valence-corrected chi connectivity index (χ2v) is 5.59. The molecule has 98 valence electrons. The molecule has 0 spiro atoms. The monoisotopic (exact) mass is 273 g/mol. The summed E-state index contributed by atoms with van der Waals surface area (Å²) in [5.41, 5.74) is 2.92. The number of rotatable bonds is 1. The number of aliphatic hydroxyl groups is 1. The number of fused-ring (bicyclic) bond motifs is 1. The van der Waals surface area contributed by atoms with Crippen molar-refractivity contribution in [1.29, 1.82) is 0 Å². The van der Waals surface area contributed by atoms with Gasteiger partial charge in [-0.05, 0) is 37.2 Å². The van der Waals surface area contributed by atoms with Crippen LogP contribution in [0.3, 0.4) is 0 Å². The van der Waals surface area contributed by atoms with Crippen LogP contribution in [0.1, 0.15) is 29.8 Å². The van der Waals surface area contributed by atoms with E-state index in [0.717, 1.165) is 21.7 Å². The van der Waals surface area contributed by atoms with Crippen LogP contribution >= 0.6 is 11.6 Å². The molecule has 0 aromatic heterocycles. The number of aliphatic hydroxyl groups excluding tert-OH is 1. The van der Waals surface area contributed by atoms with Crippen molar-refractivity contribution < 1.29 is 5.11 Å². The van der Waals surface area contributed by atoms with E-state index in [4.69, 9.17) is 11.6 Å². The molecule has 2 nitrogen and oxygen atoms in total.